The lowest BCUT2D eigenvalue weighted by atomic mass is 10.1. The summed E-state index contributed by atoms with van der Waals surface area (Å²) in [5.41, 5.74) is 1.71. The Kier molecular flexibility index (Phi) is 5.59. The van der Waals surface area contributed by atoms with Crippen LogP contribution in [-0.4, -0.2) is 54.4 Å². The number of nitrogens with zero attached hydrogens (tertiary/aromatic N) is 4. The van der Waals surface area contributed by atoms with E-state index < -0.39 is 4.92 Å². The van der Waals surface area contributed by atoms with Gasteiger partial charge in [-0.1, -0.05) is 11.6 Å². The molecule has 156 valence electrons. The van der Waals surface area contributed by atoms with E-state index in [4.69, 9.17) is 11.6 Å². The minimum atomic E-state index is -0.420. The third-order valence-electron chi connectivity index (χ3n) is 5.63. The second kappa shape index (κ2) is 8.31. The van der Waals surface area contributed by atoms with Gasteiger partial charge in [0.05, 0.1) is 10.8 Å². The Balaban J connectivity index is 1.34. The van der Waals surface area contributed by atoms with Crippen molar-refractivity contribution in [1.82, 2.24) is 4.90 Å². The van der Waals surface area contributed by atoms with Gasteiger partial charge in [-0.05, 0) is 36.4 Å². The van der Waals surface area contributed by atoms with Crippen molar-refractivity contribution in [1.29, 1.82) is 0 Å². The smallest absolute Gasteiger partial charge is 0.269 e. The summed E-state index contributed by atoms with van der Waals surface area (Å²) < 4.78 is 0. The number of benzene rings is 2. The molecule has 1 atom stereocenters. The van der Waals surface area contributed by atoms with Crippen molar-refractivity contribution >= 4 is 40.5 Å². The van der Waals surface area contributed by atoms with E-state index in [9.17, 15) is 19.7 Å². The standard InChI is InChI=1S/C21H21ClN4O4/c22-16-1-3-18(4-2-16)25-14-15(13-20(25)27)21(28)24-11-9-23(10-12-24)17-5-7-19(8-6-17)26(29)30/h1-8,15H,9-14H2/t15-/m0/s1. The van der Waals surface area contributed by atoms with E-state index in [1.54, 1.807) is 41.3 Å². The van der Waals surface area contributed by atoms with Gasteiger partial charge in [-0.3, -0.25) is 19.7 Å². The minimum Gasteiger partial charge on any atom is -0.368 e. The number of anilines is 2. The van der Waals surface area contributed by atoms with Crippen molar-refractivity contribution in [3.63, 3.8) is 0 Å². The van der Waals surface area contributed by atoms with Gasteiger partial charge >= 0.3 is 0 Å². The molecule has 0 saturated carbocycles. The molecule has 0 aromatic heterocycles. The van der Waals surface area contributed by atoms with Crippen LogP contribution >= 0.6 is 11.6 Å². The Morgan fingerprint density at radius 2 is 1.57 bits per heavy atom. The van der Waals surface area contributed by atoms with Gasteiger partial charge in [-0.25, -0.2) is 0 Å². The molecule has 0 spiro atoms. The predicted molar refractivity (Wildman–Crippen MR) is 114 cm³/mol. The maximum absolute atomic E-state index is 13.0. The molecule has 2 aromatic rings. The van der Waals surface area contributed by atoms with Crippen LogP contribution in [0.3, 0.4) is 0 Å². The van der Waals surface area contributed by atoms with Crippen LogP contribution in [0.5, 0.6) is 0 Å². The van der Waals surface area contributed by atoms with Gasteiger partial charge in [-0.2, -0.15) is 0 Å². The van der Waals surface area contributed by atoms with Gasteiger partial charge in [0, 0.05) is 67.7 Å². The fourth-order valence-corrected chi connectivity index (χ4v) is 4.10. The molecule has 0 aliphatic carbocycles. The van der Waals surface area contributed by atoms with Crippen LogP contribution in [0.4, 0.5) is 17.1 Å². The summed E-state index contributed by atoms with van der Waals surface area (Å²) in [5.74, 6) is -0.401. The number of carbonyl (C=O) groups is 2. The maximum Gasteiger partial charge on any atom is 0.269 e. The molecule has 2 aromatic carbocycles. The van der Waals surface area contributed by atoms with Crippen LogP contribution in [-0.2, 0) is 9.59 Å². The summed E-state index contributed by atoms with van der Waals surface area (Å²) in [6, 6.07) is 13.5. The second-order valence-electron chi connectivity index (χ2n) is 7.47. The highest BCUT2D eigenvalue weighted by atomic mass is 35.5. The van der Waals surface area contributed by atoms with Gasteiger partial charge in [0.25, 0.3) is 5.69 Å². The van der Waals surface area contributed by atoms with Gasteiger partial charge < -0.3 is 14.7 Å². The Labute approximate surface area is 178 Å². The van der Waals surface area contributed by atoms with Gasteiger partial charge in [-0.15, -0.1) is 0 Å². The quantitative estimate of drug-likeness (QED) is 0.552. The first-order chi connectivity index (χ1) is 14.4. The van der Waals surface area contributed by atoms with E-state index in [0.717, 1.165) is 11.4 Å². The molecule has 2 aliphatic rings. The zero-order chi connectivity index (χ0) is 21.3. The molecule has 2 saturated heterocycles. The van der Waals surface area contributed by atoms with Crippen LogP contribution in [0, 0.1) is 16.0 Å². The maximum atomic E-state index is 13.0. The molecule has 2 aliphatic heterocycles. The van der Waals surface area contributed by atoms with Crippen molar-refractivity contribution in [3.05, 3.63) is 63.7 Å². The molecule has 2 fully saturated rings. The lowest BCUT2D eigenvalue weighted by molar-refractivity contribution is -0.384. The molecule has 30 heavy (non-hydrogen) atoms. The summed E-state index contributed by atoms with van der Waals surface area (Å²) in [6.07, 6.45) is 0.212. The lowest BCUT2D eigenvalue weighted by Gasteiger charge is -2.37. The first-order valence-electron chi connectivity index (χ1n) is 9.76. The summed E-state index contributed by atoms with van der Waals surface area (Å²) in [4.78, 5) is 41.3. The number of hydrogen-bond donors (Lipinski definition) is 0. The molecule has 4 rings (SSSR count). The Morgan fingerprint density at radius 1 is 0.967 bits per heavy atom. The number of halogens is 1. The molecular formula is C21H21ClN4O4. The van der Waals surface area contributed by atoms with E-state index in [1.165, 1.54) is 12.1 Å². The zero-order valence-electron chi connectivity index (χ0n) is 16.2. The first kappa shape index (κ1) is 20.2. The number of non-ortho nitro benzene ring substituents is 1. The predicted octanol–water partition coefficient (Wildman–Crippen LogP) is 2.95. The fourth-order valence-electron chi connectivity index (χ4n) is 3.97. The fraction of sp³-hybridized carbons (Fsp3) is 0.333. The Morgan fingerprint density at radius 3 is 2.17 bits per heavy atom. The van der Waals surface area contributed by atoms with Gasteiger partial charge in [0.15, 0.2) is 0 Å². The molecular weight excluding hydrogens is 408 g/mol. The van der Waals surface area contributed by atoms with E-state index >= 15 is 0 Å². The topological polar surface area (TPSA) is 87.0 Å². The highest BCUT2D eigenvalue weighted by molar-refractivity contribution is 6.30. The van der Waals surface area contributed by atoms with E-state index in [-0.39, 0.29) is 29.8 Å². The van der Waals surface area contributed by atoms with Crippen molar-refractivity contribution in [2.75, 3.05) is 42.5 Å². The number of carbonyl (C=O) groups excluding carboxylic acids is 2. The number of amides is 2. The number of nitro groups is 1. The highest BCUT2D eigenvalue weighted by Crippen LogP contribution is 2.28. The summed E-state index contributed by atoms with van der Waals surface area (Å²) in [6.45, 7) is 2.78. The molecule has 2 heterocycles. The van der Waals surface area contributed by atoms with Crippen LogP contribution < -0.4 is 9.80 Å². The molecule has 0 unspecified atom stereocenters. The third-order valence-corrected chi connectivity index (χ3v) is 5.88. The average molecular weight is 429 g/mol. The second-order valence-corrected chi connectivity index (χ2v) is 7.90. The van der Waals surface area contributed by atoms with Crippen molar-refractivity contribution < 1.29 is 14.5 Å². The Bertz CT molecular complexity index is 956. The summed E-state index contributed by atoms with van der Waals surface area (Å²) in [7, 11) is 0. The number of piperazine rings is 1. The SMILES string of the molecule is O=C([C@H]1CC(=O)N(c2ccc(Cl)cc2)C1)N1CCN(c2ccc([N+](=O)[O-])cc2)CC1. The first-order valence-corrected chi connectivity index (χ1v) is 10.1. The molecule has 0 N–H and O–H groups in total. The van der Waals surface area contributed by atoms with Crippen molar-refractivity contribution in [3.8, 4) is 0 Å². The molecule has 8 nitrogen and oxygen atoms in total. The number of rotatable bonds is 4. The Hall–Kier alpha value is -3.13. The van der Waals surface area contributed by atoms with Gasteiger partial charge in [0.1, 0.15) is 0 Å². The normalized spacial score (nSPS) is 19.3. The third kappa shape index (κ3) is 4.09. The largest absolute Gasteiger partial charge is 0.368 e. The van der Waals surface area contributed by atoms with Crippen molar-refractivity contribution in [2.45, 2.75) is 6.42 Å². The average Bonchev–Trinajstić information content (AvgIpc) is 3.15. The molecule has 9 heteroatoms. The van der Waals surface area contributed by atoms with Crippen LogP contribution in [0.1, 0.15) is 6.42 Å². The summed E-state index contributed by atoms with van der Waals surface area (Å²) >= 11 is 5.91. The monoisotopic (exact) mass is 428 g/mol. The van der Waals surface area contributed by atoms with Crippen molar-refractivity contribution in [2.24, 2.45) is 5.92 Å². The van der Waals surface area contributed by atoms with E-state index in [1.807, 2.05) is 4.90 Å². The highest BCUT2D eigenvalue weighted by Gasteiger charge is 2.38. The van der Waals surface area contributed by atoms with Crippen LogP contribution in [0.15, 0.2) is 48.5 Å². The summed E-state index contributed by atoms with van der Waals surface area (Å²) in [5, 5.41) is 11.4. The molecule has 0 bridgehead atoms. The number of nitro benzene ring substituents is 1. The lowest BCUT2D eigenvalue weighted by Crippen LogP contribution is -2.50. The zero-order valence-corrected chi connectivity index (χ0v) is 17.0. The number of hydrogen-bond acceptors (Lipinski definition) is 5. The van der Waals surface area contributed by atoms with E-state index in [0.29, 0.717) is 37.7 Å². The molecule has 0 radical (unpaired) electrons. The van der Waals surface area contributed by atoms with Crippen LogP contribution in [0.25, 0.3) is 0 Å². The molecule has 2 amide bonds. The van der Waals surface area contributed by atoms with E-state index in [2.05, 4.69) is 4.90 Å². The minimum absolute atomic E-state index is 0.00293. The van der Waals surface area contributed by atoms with Gasteiger partial charge in [0.2, 0.25) is 11.8 Å². The van der Waals surface area contributed by atoms with Crippen LogP contribution in [0.2, 0.25) is 5.02 Å².